The number of allylic oxidation sites excluding steroid dienone is 2. The molecule has 2 heteroatoms. The van der Waals surface area contributed by atoms with Crippen molar-refractivity contribution in [3.8, 4) is 0 Å². The first-order valence-electron chi connectivity index (χ1n) is 8.69. The van der Waals surface area contributed by atoms with Crippen LogP contribution in [0.25, 0.3) is 11.8 Å². The van der Waals surface area contributed by atoms with Gasteiger partial charge in [0.25, 0.3) is 0 Å². The van der Waals surface area contributed by atoms with E-state index in [4.69, 9.17) is 4.42 Å². The highest BCUT2D eigenvalue weighted by molar-refractivity contribution is 5.63. The van der Waals surface area contributed by atoms with Crippen LogP contribution in [-0.4, -0.2) is 5.11 Å². The summed E-state index contributed by atoms with van der Waals surface area (Å²) in [5, 5.41) is 10.2. The van der Waals surface area contributed by atoms with Gasteiger partial charge in [-0.25, -0.2) is 4.42 Å². The average molecular weight is 337 g/mol. The van der Waals surface area contributed by atoms with E-state index in [2.05, 4.69) is 53.7 Å². The van der Waals surface area contributed by atoms with Gasteiger partial charge in [-0.15, -0.1) is 0 Å². The number of aliphatic hydroxyl groups is 1. The summed E-state index contributed by atoms with van der Waals surface area (Å²) in [6, 6.07) is 13.7. The second kappa shape index (κ2) is 7.26. The van der Waals surface area contributed by atoms with Crippen LogP contribution in [0.5, 0.6) is 0 Å². The molecule has 2 rings (SSSR count). The largest absolute Gasteiger partial charge is 0.507 e. The van der Waals surface area contributed by atoms with Crippen LogP contribution >= 0.6 is 0 Å². The molecule has 0 spiro atoms. The molecule has 0 aliphatic heterocycles. The molecule has 0 aliphatic carbocycles. The summed E-state index contributed by atoms with van der Waals surface area (Å²) in [4.78, 5) is 0. The van der Waals surface area contributed by atoms with Gasteiger partial charge in [0.2, 0.25) is 0 Å². The van der Waals surface area contributed by atoms with Crippen molar-refractivity contribution in [2.24, 2.45) is 0 Å². The highest BCUT2D eigenvalue weighted by atomic mass is 16.3. The Morgan fingerprint density at radius 3 is 1.88 bits per heavy atom. The molecule has 0 unspecified atom stereocenters. The second-order valence-electron chi connectivity index (χ2n) is 8.40. The summed E-state index contributed by atoms with van der Waals surface area (Å²) < 4.78 is 6.14. The maximum Gasteiger partial charge on any atom is 0.335 e. The normalized spacial score (nSPS) is 13.4. The molecule has 0 fully saturated rings. The molecular weight excluding hydrogens is 308 g/mol. The van der Waals surface area contributed by atoms with Crippen molar-refractivity contribution in [1.82, 2.24) is 0 Å². The molecule has 0 atom stereocenters. The summed E-state index contributed by atoms with van der Waals surface area (Å²) >= 11 is 0. The van der Waals surface area contributed by atoms with E-state index in [1.807, 2.05) is 42.5 Å². The Hall–Kier alpha value is -2.35. The Labute approximate surface area is 151 Å². The standard InChI is InChI=1S/C23H28O2/c1-22(2,3)20-15-17(16-21(25-20)23(4,5)6)11-10-14-19(24)18-12-8-7-9-13-18/h7-16H,1-6H3/p+1/b11-10+,19-14+. The Morgan fingerprint density at radius 2 is 1.40 bits per heavy atom. The van der Waals surface area contributed by atoms with Crippen LogP contribution in [0.15, 0.2) is 59.0 Å². The lowest BCUT2D eigenvalue weighted by atomic mass is 9.88. The molecule has 0 amide bonds. The van der Waals surface area contributed by atoms with Gasteiger partial charge >= 0.3 is 11.5 Å². The zero-order chi connectivity index (χ0) is 18.7. The highest BCUT2D eigenvalue weighted by Crippen LogP contribution is 2.30. The van der Waals surface area contributed by atoms with Crippen LogP contribution < -0.4 is 0 Å². The summed E-state index contributed by atoms with van der Waals surface area (Å²) in [5.74, 6) is 2.16. The lowest BCUT2D eigenvalue weighted by Crippen LogP contribution is -2.16. The molecule has 0 saturated carbocycles. The van der Waals surface area contributed by atoms with Gasteiger partial charge in [0.15, 0.2) is 0 Å². The first kappa shape index (κ1) is 19.0. The van der Waals surface area contributed by atoms with Crippen molar-refractivity contribution in [3.63, 3.8) is 0 Å². The van der Waals surface area contributed by atoms with Crippen LogP contribution in [0.2, 0.25) is 0 Å². The quantitative estimate of drug-likeness (QED) is 0.381. The van der Waals surface area contributed by atoms with Crippen molar-refractivity contribution >= 4 is 11.8 Å². The second-order valence-corrected chi connectivity index (χ2v) is 8.40. The van der Waals surface area contributed by atoms with Crippen LogP contribution in [-0.2, 0) is 10.8 Å². The van der Waals surface area contributed by atoms with Crippen molar-refractivity contribution in [1.29, 1.82) is 0 Å². The van der Waals surface area contributed by atoms with E-state index in [0.29, 0.717) is 0 Å². The van der Waals surface area contributed by atoms with Gasteiger partial charge in [-0.05, 0) is 53.2 Å². The molecule has 25 heavy (non-hydrogen) atoms. The number of rotatable bonds is 3. The zero-order valence-corrected chi connectivity index (χ0v) is 16.1. The fourth-order valence-electron chi connectivity index (χ4n) is 2.31. The molecule has 0 saturated heterocycles. The summed E-state index contributed by atoms with van der Waals surface area (Å²) in [6.07, 6.45) is 5.59. The molecular formula is C23H29O2+. The summed E-state index contributed by atoms with van der Waals surface area (Å²) in [5.41, 5.74) is 1.75. The van der Waals surface area contributed by atoms with Gasteiger partial charge in [0, 0.05) is 17.7 Å². The molecule has 2 nitrogen and oxygen atoms in total. The van der Waals surface area contributed by atoms with E-state index < -0.39 is 0 Å². The monoisotopic (exact) mass is 337 g/mol. The molecule has 1 heterocycles. The SMILES string of the molecule is CC(C)(C)c1cc(/C=C/C=C(/O)c2ccccc2)cc(C(C)(C)C)[o+]1. The molecule has 1 N–H and O–H groups in total. The van der Waals surface area contributed by atoms with Gasteiger partial charge in [-0.3, -0.25) is 0 Å². The van der Waals surface area contributed by atoms with Crippen LogP contribution in [0.3, 0.4) is 0 Å². The van der Waals surface area contributed by atoms with E-state index in [1.54, 1.807) is 6.08 Å². The molecule has 0 bridgehead atoms. The minimum Gasteiger partial charge on any atom is -0.507 e. The van der Waals surface area contributed by atoms with Crippen LogP contribution in [0.4, 0.5) is 0 Å². The minimum absolute atomic E-state index is 0.0636. The van der Waals surface area contributed by atoms with E-state index in [1.165, 1.54) is 0 Å². The van der Waals surface area contributed by atoms with E-state index in [-0.39, 0.29) is 16.6 Å². The van der Waals surface area contributed by atoms with Crippen molar-refractivity contribution < 1.29 is 9.52 Å². The average Bonchev–Trinajstić information content (AvgIpc) is 2.53. The van der Waals surface area contributed by atoms with Crippen molar-refractivity contribution in [2.45, 2.75) is 52.4 Å². The first-order chi connectivity index (χ1) is 11.6. The predicted octanol–water partition coefficient (Wildman–Crippen LogP) is 6.77. The van der Waals surface area contributed by atoms with E-state index >= 15 is 0 Å². The maximum atomic E-state index is 10.2. The van der Waals surface area contributed by atoms with Crippen LogP contribution in [0, 0.1) is 0 Å². The fourth-order valence-corrected chi connectivity index (χ4v) is 2.31. The smallest absolute Gasteiger partial charge is 0.335 e. The summed E-state index contributed by atoms with van der Waals surface area (Å²) in [6.45, 7) is 12.9. The molecule has 1 aromatic carbocycles. The number of hydrogen-bond acceptors (Lipinski definition) is 1. The Kier molecular flexibility index (Phi) is 5.52. The van der Waals surface area contributed by atoms with Gasteiger partial charge in [0.1, 0.15) is 5.76 Å². The minimum atomic E-state index is -0.0636. The lowest BCUT2D eigenvalue weighted by molar-refractivity contribution is 0.328. The number of aliphatic hydroxyl groups excluding tert-OH is 1. The van der Waals surface area contributed by atoms with Crippen molar-refractivity contribution in [3.05, 3.63) is 77.3 Å². The third-order valence-electron chi connectivity index (χ3n) is 3.91. The van der Waals surface area contributed by atoms with E-state index in [0.717, 1.165) is 22.6 Å². The van der Waals surface area contributed by atoms with Gasteiger partial charge in [0.05, 0.1) is 10.8 Å². The Morgan fingerprint density at radius 1 is 0.880 bits per heavy atom. The van der Waals surface area contributed by atoms with Crippen LogP contribution in [0.1, 0.15) is 64.2 Å². The Bertz CT molecular complexity index is 738. The third-order valence-corrected chi connectivity index (χ3v) is 3.91. The molecule has 1 aromatic heterocycles. The van der Waals surface area contributed by atoms with Crippen molar-refractivity contribution in [2.75, 3.05) is 0 Å². The summed E-state index contributed by atoms with van der Waals surface area (Å²) in [7, 11) is 0. The molecule has 0 radical (unpaired) electrons. The fraction of sp³-hybridized carbons (Fsp3) is 0.348. The topological polar surface area (TPSA) is 31.5 Å². The van der Waals surface area contributed by atoms with Gasteiger partial charge < -0.3 is 5.11 Å². The number of hydrogen-bond donors (Lipinski definition) is 1. The third kappa shape index (κ3) is 5.32. The molecule has 0 aliphatic rings. The van der Waals surface area contributed by atoms with E-state index in [9.17, 15) is 5.11 Å². The molecule has 2 aromatic rings. The predicted molar refractivity (Wildman–Crippen MR) is 107 cm³/mol. The Balaban J connectivity index is 2.35. The first-order valence-corrected chi connectivity index (χ1v) is 8.69. The lowest BCUT2D eigenvalue weighted by Gasteiger charge is -2.14. The zero-order valence-electron chi connectivity index (χ0n) is 16.1. The maximum absolute atomic E-state index is 10.2. The molecule has 132 valence electrons. The number of benzene rings is 1. The van der Waals surface area contributed by atoms with Gasteiger partial charge in [-0.2, -0.15) is 0 Å². The van der Waals surface area contributed by atoms with Gasteiger partial charge in [-0.1, -0.05) is 42.5 Å². The highest BCUT2D eigenvalue weighted by Gasteiger charge is 2.33.